The summed E-state index contributed by atoms with van der Waals surface area (Å²) in [5.41, 5.74) is 2.13. The Bertz CT molecular complexity index is 438. The van der Waals surface area contributed by atoms with Crippen molar-refractivity contribution in [3.05, 3.63) is 35.9 Å². The Hall–Kier alpha value is -0.860. The van der Waals surface area contributed by atoms with Crippen LogP contribution in [-0.2, 0) is 6.42 Å². The summed E-state index contributed by atoms with van der Waals surface area (Å²) in [6.45, 7) is 8.41. The molecule has 1 aromatic rings. The van der Waals surface area contributed by atoms with Crippen molar-refractivity contribution < 1.29 is 0 Å². The summed E-state index contributed by atoms with van der Waals surface area (Å²) in [5, 5.41) is 3.78. The number of benzene rings is 1. The summed E-state index contributed by atoms with van der Waals surface area (Å²) in [4.78, 5) is 2.79. The molecule has 1 saturated carbocycles. The van der Waals surface area contributed by atoms with Gasteiger partial charge in [-0.2, -0.15) is 0 Å². The SMILES string of the molecule is CCC1CNC(Cc2ccccc2)CN1CC1(CC)CC1. The standard InChI is InChI=1S/C19H30N2/c1-3-18-13-20-17(12-16-8-6-5-7-9-16)14-21(18)15-19(4-2)10-11-19/h5-9,17-18,20H,3-4,10-15H2,1-2H3. The van der Waals surface area contributed by atoms with Gasteiger partial charge in [0.2, 0.25) is 0 Å². The highest BCUT2D eigenvalue weighted by Gasteiger charge is 2.43. The molecule has 21 heavy (non-hydrogen) atoms. The third kappa shape index (κ3) is 3.67. The zero-order valence-electron chi connectivity index (χ0n) is 13.6. The van der Waals surface area contributed by atoms with Gasteiger partial charge in [0.1, 0.15) is 0 Å². The molecular formula is C19H30N2. The van der Waals surface area contributed by atoms with Gasteiger partial charge in [-0.1, -0.05) is 44.2 Å². The van der Waals surface area contributed by atoms with E-state index >= 15 is 0 Å². The summed E-state index contributed by atoms with van der Waals surface area (Å²) in [6.07, 6.45) is 6.69. The number of hydrogen-bond donors (Lipinski definition) is 1. The molecule has 3 rings (SSSR count). The van der Waals surface area contributed by atoms with Gasteiger partial charge in [0.05, 0.1) is 0 Å². The first-order chi connectivity index (χ1) is 10.2. The summed E-state index contributed by atoms with van der Waals surface area (Å²) in [6, 6.07) is 12.3. The predicted octanol–water partition coefficient (Wildman–Crippen LogP) is 3.47. The molecule has 0 amide bonds. The lowest BCUT2D eigenvalue weighted by atomic mass is 9.96. The first-order valence-electron chi connectivity index (χ1n) is 8.76. The molecule has 1 aromatic carbocycles. The number of piperazine rings is 1. The lowest BCUT2D eigenvalue weighted by molar-refractivity contribution is 0.0993. The molecule has 2 heteroatoms. The molecule has 2 nitrogen and oxygen atoms in total. The summed E-state index contributed by atoms with van der Waals surface area (Å²) >= 11 is 0. The van der Waals surface area contributed by atoms with E-state index < -0.39 is 0 Å². The molecule has 2 fully saturated rings. The van der Waals surface area contributed by atoms with Crippen LogP contribution in [0.15, 0.2) is 30.3 Å². The van der Waals surface area contributed by atoms with Gasteiger partial charge in [0, 0.05) is 31.7 Å². The van der Waals surface area contributed by atoms with E-state index in [-0.39, 0.29) is 0 Å². The molecular weight excluding hydrogens is 256 g/mol. The van der Waals surface area contributed by atoms with Crippen LogP contribution in [0.25, 0.3) is 0 Å². The average Bonchev–Trinajstić information content (AvgIpc) is 3.29. The van der Waals surface area contributed by atoms with Gasteiger partial charge in [-0.05, 0) is 43.1 Å². The Labute approximate surface area is 129 Å². The Morgan fingerprint density at radius 3 is 2.57 bits per heavy atom. The van der Waals surface area contributed by atoms with E-state index in [1.54, 1.807) is 0 Å². The second-order valence-electron chi connectivity index (χ2n) is 7.14. The highest BCUT2D eigenvalue weighted by Crippen LogP contribution is 2.49. The summed E-state index contributed by atoms with van der Waals surface area (Å²) < 4.78 is 0. The molecule has 0 aromatic heterocycles. The van der Waals surface area contributed by atoms with Crippen LogP contribution in [0.3, 0.4) is 0 Å². The van der Waals surface area contributed by atoms with Crippen molar-refractivity contribution in [2.24, 2.45) is 5.41 Å². The van der Waals surface area contributed by atoms with Gasteiger partial charge in [0.15, 0.2) is 0 Å². The molecule has 116 valence electrons. The van der Waals surface area contributed by atoms with E-state index in [9.17, 15) is 0 Å². The Morgan fingerprint density at radius 1 is 1.19 bits per heavy atom. The van der Waals surface area contributed by atoms with E-state index in [4.69, 9.17) is 0 Å². The average molecular weight is 286 g/mol. The van der Waals surface area contributed by atoms with E-state index in [0.717, 1.165) is 19.0 Å². The van der Waals surface area contributed by atoms with Crippen LogP contribution in [0, 0.1) is 5.41 Å². The molecule has 0 radical (unpaired) electrons. The van der Waals surface area contributed by atoms with Gasteiger partial charge >= 0.3 is 0 Å². The quantitative estimate of drug-likeness (QED) is 0.861. The van der Waals surface area contributed by atoms with Crippen LogP contribution in [-0.4, -0.2) is 36.6 Å². The monoisotopic (exact) mass is 286 g/mol. The maximum atomic E-state index is 3.78. The van der Waals surface area contributed by atoms with E-state index in [1.165, 1.54) is 44.3 Å². The second kappa shape index (κ2) is 6.50. The van der Waals surface area contributed by atoms with Gasteiger partial charge in [-0.15, -0.1) is 0 Å². The molecule has 1 heterocycles. The number of hydrogen-bond acceptors (Lipinski definition) is 2. The molecule has 1 saturated heterocycles. The number of rotatable bonds is 6. The lowest BCUT2D eigenvalue weighted by Crippen LogP contribution is -2.58. The number of nitrogens with one attached hydrogen (secondary N) is 1. The fourth-order valence-electron chi connectivity index (χ4n) is 3.79. The topological polar surface area (TPSA) is 15.3 Å². The van der Waals surface area contributed by atoms with Gasteiger partial charge in [-0.3, -0.25) is 4.90 Å². The zero-order chi connectivity index (χ0) is 14.7. The fraction of sp³-hybridized carbons (Fsp3) is 0.684. The minimum Gasteiger partial charge on any atom is -0.311 e. The van der Waals surface area contributed by atoms with E-state index in [2.05, 4.69) is 54.4 Å². The van der Waals surface area contributed by atoms with Gasteiger partial charge in [0.25, 0.3) is 0 Å². The third-order valence-electron chi connectivity index (χ3n) is 5.66. The number of nitrogens with zero attached hydrogens (tertiary/aromatic N) is 1. The molecule has 0 bridgehead atoms. The van der Waals surface area contributed by atoms with Crippen LogP contribution in [0.2, 0.25) is 0 Å². The molecule has 1 aliphatic heterocycles. The first kappa shape index (κ1) is 15.1. The predicted molar refractivity (Wildman–Crippen MR) is 89.5 cm³/mol. The third-order valence-corrected chi connectivity index (χ3v) is 5.66. The van der Waals surface area contributed by atoms with Crippen molar-refractivity contribution in [2.75, 3.05) is 19.6 Å². The first-order valence-corrected chi connectivity index (χ1v) is 8.76. The van der Waals surface area contributed by atoms with Crippen LogP contribution in [0.1, 0.15) is 45.1 Å². The van der Waals surface area contributed by atoms with Crippen molar-refractivity contribution in [1.29, 1.82) is 0 Å². The molecule has 0 spiro atoms. The maximum absolute atomic E-state index is 3.78. The van der Waals surface area contributed by atoms with Crippen molar-refractivity contribution in [3.63, 3.8) is 0 Å². The highest BCUT2D eigenvalue weighted by molar-refractivity contribution is 5.16. The van der Waals surface area contributed by atoms with Crippen molar-refractivity contribution >= 4 is 0 Å². The van der Waals surface area contributed by atoms with Crippen LogP contribution in [0.4, 0.5) is 0 Å². The van der Waals surface area contributed by atoms with Crippen molar-refractivity contribution in [1.82, 2.24) is 10.2 Å². The molecule has 2 unspecified atom stereocenters. The van der Waals surface area contributed by atoms with Gasteiger partial charge < -0.3 is 5.32 Å². The Morgan fingerprint density at radius 2 is 1.95 bits per heavy atom. The van der Waals surface area contributed by atoms with Crippen LogP contribution in [0.5, 0.6) is 0 Å². The van der Waals surface area contributed by atoms with Crippen molar-refractivity contribution in [3.8, 4) is 0 Å². The molecule has 2 atom stereocenters. The molecule has 1 N–H and O–H groups in total. The second-order valence-corrected chi connectivity index (χ2v) is 7.14. The smallest absolute Gasteiger partial charge is 0.0236 e. The fourth-order valence-corrected chi connectivity index (χ4v) is 3.79. The van der Waals surface area contributed by atoms with Crippen molar-refractivity contribution in [2.45, 2.75) is 58.0 Å². The largest absolute Gasteiger partial charge is 0.311 e. The van der Waals surface area contributed by atoms with Crippen LogP contribution >= 0.6 is 0 Å². The Balaban J connectivity index is 1.61. The summed E-state index contributed by atoms with van der Waals surface area (Å²) in [5.74, 6) is 0. The lowest BCUT2D eigenvalue weighted by Gasteiger charge is -2.42. The minimum atomic E-state index is 0.614. The zero-order valence-corrected chi connectivity index (χ0v) is 13.6. The van der Waals surface area contributed by atoms with E-state index in [0.29, 0.717) is 11.5 Å². The normalized spacial score (nSPS) is 28.5. The summed E-state index contributed by atoms with van der Waals surface area (Å²) in [7, 11) is 0. The minimum absolute atomic E-state index is 0.614. The van der Waals surface area contributed by atoms with Gasteiger partial charge in [-0.25, -0.2) is 0 Å². The maximum Gasteiger partial charge on any atom is 0.0236 e. The highest BCUT2D eigenvalue weighted by atomic mass is 15.2. The van der Waals surface area contributed by atoms with E-state index in [1.807, 2.05) is 0 Å². The Kier molecular flexibility index (Phi) is 4.66. The van der Waals surface area contributed by atoms with Crippen LogP contribution < -0.4 is 5.32 Å². The molecule has 2 aliphatic rings. The molecule has 1 aliphatic carbocycles.